The first kappa shape index (κ1) is 16.0. The summed E-state index contributed by atoms with van der Waals surface area (Å²) in [5.74, 6) is 0.414. The van der Waals surface area contributed by atoms with Gasteiger partial charge in [-0.05, 0) is 50.3 Å². The maximum atomic E-state index is 12.5. The standard InChI is InChI=1S/C16H23NO3S/c1-3-17(15-8-4-6-13(2)10-15)16(18)11-14-7-5-9-21(19,20)12-14/h4,6,8,10,14H,3,5,7,9,11-12H2,1-2H3. The van der Waals surface area contributed by atoms with Gasteiger partial charge in [0, 0.05) is 18.7 Å². The van der Waals surface area contributed by atoms with Gasteiger partial charge in [0.05, 0.1) is 11.5 Å². The van der Waals surface area contributed by atoms with Crippen LogP contribution in [0.5, 0.6) is 0 Å². The average Bonchev–Trinajstić information content (AvgIpc) is 2.38. The highest BCUT2D eigenvalue weighted by Crippen LogP contribution is 2.24. The quantitative estimate of drug-likeness (QED) is 0.859. The first-order valence-corrected chi connectivity index (χ1v) is 9.31. The molecule has 116 valence electrons. The zero-order chi connectivity index (χ0) is 15.5. The molecule has 2 rings (SSSR count). The first-order chi connectivity index (χ1) is 9.91. The molecule has 0 bridgehead atoms. The van der Waals surface area contributed by atoms with Crippen molar-refractivity contribution in [2.45, 2.75) is 33.1 Å². The first-order valence-electron chi connectivity index (χ1n) is 7.49. The highest BCUT2D eigenvalue weighted by atomic mass is 32.2. The number of rotatable bonds is 4. The topological polar surface area (TPSA) is 54.5 Å². The lowest BCUT2D eigenvalue weighted by molar-refractivity contribution is -0.119. The minimum Gasteiger partial charge on any atom is -0.313 e. The molecular weight excluding hydrogens is 286 g/mol. The van der Waals surface area contributed by atoms with Crippen LogP contribution in [0, 0.1) is 12.8 Å². The largest absolute Gasteiger partial charge is 0.313 e. The van der Waals surface area contributed by atoms with Crippen molar-refractivity contribution in [3.63, 3.8) is 0 Å². The van der Waals surface area contributed by atoms with Crippen molar-refractivity contribution in [1.82, 2.24) is 0 Å². The Hall–Kier alpha value is -1.36. The van der Waals surface area contributed by atoms with Gasteiger partial charge >= 0.3 is 0 Å². The second kappa shape index (κ2) is 6.60. The van der Waals surface area contributed by atoms with E-state index in [0.29, 0.717) is 19.4 Å². The van der Waals surface area contributed by atoms with E-state index < -0.39 is 9.84 Å². The Kier molecular flexibility index (Phi) is 5.04. The molecule has 1 saturated heterocycles. The van der Waals surface area contributed by atoms with Crippen LogP contribution >= 0.6 is 0 Å². The van der Waals surface area contributed by atoms with Crippen LogP contribution in [-0.4, -0.2) is 32.4 Å². The third-order valence-electron chi connectivity index (χ3n) is 3.95. The number of hydrogen-bond donors (Lipinski definition) is 0. The molecule has 0 aromatic heterocycles. The zero-order valence-corrected chi connectivity index (χ0v) is 13.5. The number of nitrogens with zero attached hydrogens (tertiary/aromatic N) is 1. The van der Waals surface area contributed by atoms with Crippen molar-refractivity contribution in [3.8, 4) is 0 Å². The fraction of sp³-hybridized carbons (Fsp3) is 0.562. The van der Waals surface area contributed by atoms with E-state index in [-0.39, 0.29) is 23.3 Å². The van der Waals surface area contributed by atoms with Crippen molar-refractivity contribution in [2.75, 3.05) is 23.0 Å². The van der Waals surface area contributed by atoms with Gasteiger partial charge in [-0.25, -0.2) is 8.42 Å². The number of carbonyl (C=O) groups excluding carboxylic acids is 1. The average molecular weight is 309 g/mol. The van der Waals surface area contributed by atoms with Crippen LogP contribution in [0.15, 0.2) is 24.3 Å². The zero-order valence-electron chi connectivity index (χ0n) is 12.7. The summed E-state index contributed by atoms with van der Waals surface area (Å²) in [6, 6.07) is 7.84. The third kappa shape index (κ3) is 4.30. The molecule has 0 spiro atoms. The molecule has 5 heteroatoms. The van der Waals surface area contributed by atoms with E-state index in [2.05, 4.69) is 0 Å². The van der Waals surface area contributed by atoms with Gasteiger partial charge in [-0.2, -0.15) is 0 Å². The van der Waals surface area contributed by atoms with E-state index in [0.717, 1.165) is 17.7 Å². The number of sulfone groups is 1. The molecule has 1 aliphatic heterocycles. The summed E-state index contributed by atoms with van der Waals surface area (Å²) in [6.45, 7) is 4.54. The lowest BCUT2D eigenvalue weighted by Gasteiger charge is -2.26. The predicted octanol–water partition coefficient (Wildman–Crippen LogP) is 2.56. The third-order valence-corrected chi connectivity index (χ3v) is 5.84. The van der Waals surface area contributed by atoms with Crippen molar-refractivity contribution >= 4 is 21.4 Å². The molecule has 1 unspecified atom stereocenters. The van der Waals surface area contributed by atoms with E-state index in [1.165, 1.54) is 0 Å². The Morgan fingerprint density at radius 2 is 2.14 bits per heavy atom. The lowest BCUT2D eigenvalue weighted by Crippen LogP contribution is -2.35. The summed E-state index contributed by atoms with van der Waals surface area (Å²) in [6.07, 6.45) is 1.83. The number of carbonyl (C=O) groups is 1. The maximum Gasteiger partial charge on any atom is 0.227 e. The van der Waals surface area contributed by atoms with Gasteiger partial charge in [0.25, 0.3) is 0 Å². The van der Waals surface area contributed by atoms with Crippen LogP contribution in [-0.2, 0) is 14.6 Å². The molecule has 1 amide bonds. The highest BCUT2D eigenvalue weighted by Gasteiger charge is 2.28. The van der Waals surface area contributed by atoms with Gasteiger partial charge in [-0.15, -0.1) is 0 Å². The summed E-state index contributed by atoms with van der Waals surface area (Å²) in [4.78, 5) is 14.2. The molecular formula is C16H23NO3S. The van der Waals surface area contributed by atoms with E-state index in [9.17, 15) is 13.2 Å². The fourth-order valence-electron chi connectivity index (χ4n) is 2.93. The number of aryl methyl sites for hydroxylation is 1. The second-order valence-electron chi connectivity index (χ2n) is 5.80. The van der Waals surface area contributed by atoms with Crippen molar-refractivity contribution < 1.29 is 13.2 Å². The van der Waals surface area contributed by atoms with Crippen molar-refractivity contribution in [2.24, 2.45) is 5.92 Å². The number of anilines is 1. The number of benzene rings is 1. The van der Waals surface area contributed by atoms with E-state index in [1.54, 1.807) is 4.90 Å². The van der Waals surface area contributed by atoms with Gasteiger partial charge in [-0.3, -0.25) is 4.79 Å². The second-order valence-corrected chi connectivity index (χ2v) is 8.03. The summed E-state index contributed by atoms with van der Waals surface area (Å²) >= 11 is 0. The summed E-state index contributed by atoms with van der Waals surface area (Å²) in [5, 5.41) is 0. The monoisotopic (exact) mass is 309 g/mol. The SMILES string of the molecule is CCN(C(=O)CC1CCCS(=O)(=O)C1)c1cccc(C)c1. The van der Waals surface area contributed by atoms with E-state index in [1.807, 2.05) is 38.1 Å². The Bertz CT molecular complexity index is 610. The fourth-order valence-corrected chi connectivity index (χ4v) is 4.71. The van der Waals surface area contributed by atoms with Crippen molar-refractivity contribution in [1.29, 1.82) is 0 Å². The number of hydrogen-bond acceptors (Lipinski definition) is 3. The minimum atomic E-state index is -2.95. The van der Waals surface area contributed by atoms with Gasteiger partial charge in [0.1, 0.15) is 0 Å². The van der Waals surface area contributed by atoms with Gasteiger partial charge < -0.3 is 4.90 Å². The predicted molar refractivity (Wildman–Crippen MR) is 85.2 cm³/mol. The molecule has 0 aliphatic carbocycles. The van der Waals surface area contributed by atoms with Crippen LogP contribution < -0.4 is 4.90 Å². The van der Waals surface area contributed by atoms with Crippen LogP contribution in [0.3, 0.4) is 0 Å². The Balaban J connectivity index is 2.07. The Morgan fingerprint density at radius 3 is 2.76 bits per heavy atom. The lowest BCUT2D eigenvalue weighted by atomic mass is 10.0. The molecule has 0 saturated carbocycles. The minimum absolute atomic E-state index is 0.0187. The van der Waals surface area contributed by atoms with E-state index >= 15 is 0 Å². The molecule has 0 N–H and O–H groups in total. The molecule has 1 aromatic carbocycles. The van der Waals surface area contributed by atoms with Gasteiger partial charge in [-0.1, -0.05) is 12.1 Å². The van der Waals surface area contributed by atoms with Gasteiger partial charge in [0.2, 0.25) is 5.91 Å². The van der Waals surface area contributed by atoms with Crippen molar-refractivity contribution in [3.05, 3.63) is 29.8 Å². The highest BCUT2D eigenvalue weighted by molar-refractivity contribution is 7.91. The Morgan fingerprint density at radius 1 is 1.38 bits per heavy atom. The Labute approximate surface area is 127 Å². The molecule has 21 heavy (non-hydrogen) atoms. The van der Waals surface area contributed by atoms with Gasteiger partial charge in [0.15, 0.2) is 9.84 Å². The molecule has 1 aromatic rings. The molecule has 0 radical (unpaired) electrons. The summed E-state index contributed by atoms with van der Waals surface area (Å²) in [7, 11) is -2.95. The van der Waals surface area contributed by atoms with Crippen LogP contribution in [0.25, 0.3) is 0 Å². The summed E-state index contributed by atoms with van der Waals surface area (Å²) < 4.78 is 23.3. The van der Waals surface area contributed by atoms with E-state index in [4.69, 9.17) is 0 Å². The molecule has 1 atom stereocenters. The van der Waals surface area contributed by atoms with Crippen LogP contribution in [0.4, 0.5) is 5.69 Å². The normalized spacial score (nSPS) is 21.0. The smallest absolute Gasteiger partial charge is 0.227 e. The number of amides is 1. The molecule has 1 aliphatic rings. The molecule has 1 fully saturated rings. The van der Waals surface area contributed by atoms with Crippen LogP contribution in [0.1, 0.15) is 31.7 Å². The van der Waals surface area contributed by atoms with Crippen LogP contribution in [0.2, 0.25) is 0 Å². The summed E-state index contributed by atoms with van der Waals surface area (Å²) in [5.41, 5.74) is 2.00. The molecule has 1 heterocycles. The molecule has 4 nitrogen and oxygen atoms in total. The maximum absolute atomic E-state index is 12.5.